The molecule has 4 heteroatoms. The molecular weight excluding hydrogens is 194 g/mol. The van der Waals surface area contributed by atoms with Crippen LogP contribution in [0.25, 0.3) is 10.2 Å². The molecule has 0 saturated heterocycles. The van der Waals surface area contributed by atoms with Crippen molar-refractivity contribution >= 4 is 27.4 Å². The highest BCUT2D eigenvalue weighted by Crippen LogP contribution is 2.28. The molecule has 0 aliphatic rings. The molecular formula is C10H13N3S. The van der Waals surface area contributed by atoms with E-state index in [1.54, 1.807) is 11.3 Å². The summed E-state index contributed by atoms with van der Waals surface area (Å²) < 4.78 is 1.22. The smallest absolute Gasteiger partial charge is 0.144 e. The minimum atomic E-state index is 0.431. The van der Waals surface area contributed by atoms with Gasteiger partial charge in [0.05, 0.1) is 10.2 Å². The molecule has 3 N–H and O–H groups in total. The number of pyridine rings is 1. The summed E-state index contributed by atoms with van der Waals surface area (Å²) in [5.41, 5.74) is 4.83. The van der Waals surface area contributed by atoms with Crippen molar-refractivity contribution in [3.8, 4) is 0 Å². The molecule has 3 nitrogen and oxygen atoms in total. The molecule has 0 aromatic carbocycles. The van der Waals surface area contributed by atoms with E-state index in [1.165, 1.54) is 10.3 Å². The number of nitrogens with one attached hydrogen (secondary N) is 1. The number of hydrogen-bond acceptors (Lipinski definition) is 4. The summed E-state index contributed by atoms with van der Waals surface area (Å²) in [6, 6.07) is 4.16. The lowest BCUT2D eigenvalue weighted by Crippen LogP contribution is -2.11. The number of hydrazine groups is 1. The lowest BCUT2D eigenvalue weighted by molar-refractivity contribution is 0.863. The van der Waals surface area contributed by atoms with Crippen LogP contribution in [0.3, 0.4) is 0 Å². The topological polar surface area (TPSA) is 50.9 Å². The Bertz CT molecular complexity index is 448. The van der Waals surface area contributed by atoms with E-state index in [4.69, 9.17) is 5.84 Å². The number of aromatic nitrogens is 1. The molecule has 2 rings (SSSR count). The molecule has 0 spiro atoms. The molecule has 0 bridgehead atoms. The third-order valence-electron chi connectivity index (χ3n) is 2.22. The Morgan fingerprint density at radius 3 is 2.93 bits per heavy atom. The highest BCUT2D eigenvalue weighted by atomic mass is 32.1. The van der Waals surface area contributed by atoms with Crippen molar-refractivity contribution in [3.05, 3.63) is 23.1 Å². The Balaban J connectivity index is 2.66. The van der Waals surface area contributed by atoms with E-state index in [-0.39, 0.29) is 0 Å². The number of hydrogen-bond donors (Lipinski definition) is 2. The molecule has 2 heterocycles. The molecule has 0 radical (unpaired) electrons. The van der Waals surface area contributed by atoms with Gasteiger partial charge in [-0.1, -0.05) is 13.8 Å². The molecule has 0 fully saturated rings. The number of nitrogens with two attached hydrogens (primary N) is 1. The Hall–Kier alpha value is -1.13. The summed E-state index contributed by atoms with van der Waals surface area (Å²) in [5, 5.41) is 2.04. The van der Waals surface area contributed by atoms with Crippen LogP contribution in [0.15, 0.2) is 17.5 Å². The second kappa shape index (κ2) is 3.55. The third kappa shape index (κ3) is 1.47. The molecule has 0 saturated carbocycles. The predicted octanol–water partition coefficient (Wildman–Crippen LogP) is 2.71. The van der Waals surface area contributed by atoms with Crippen molar-refractivity contribution in [2.75, 3.05) is 5.43 Å². The van der Waals surface area contributed by atoms with E-state index in [0.29, 0.717) is 5.92 Å². The Morgan fingerprint density at radius 1 is 1.50 bits per heavy atom. The van der Waals surface area contributed by atoms with Crippen LogP contribution in [0.1, 0.15) is 25.3 Å². The van der Waals surface area contributed by atoms with Gasteiger partial charge >= 0.3 is 0 Å². The van der Waals surface area contributed by atoms with E-state index < -0.39 is 0 Å². The van der Waals surface area contributed by atoms with Crippen molar-refractivity contribution in [2.45, 2.75) is 19.8 Å². The summed E-state index contributed by atoms with van der Waals surface area (Å²) >= 11 is 1.71. The van der Waals surface area contributed by atoms with Gasteiger partial charge in [-0.05, 0) is 29.0 Å². The van der Waals surface area contributed by atoms with Crippen LogP contribution in [-0.4, -0.2) is 4.98 Å². The predicted molar refractivity (Wildman–Crippen MR) is 61.5 cm³/mol. The molecule has 14 heavy (non-hydrogen) atoms. The number of anilines is 1. The van der Waals surface area contributed by atoms with E-state index in [1.807, 2.05) is 11.4 Å². The Kier molecular flexibility index (Phi) is 2.39. The van der Waals surface area contributed by atoms with Crippen LogP contribution >= 0.6 is 11.3 Å². The Morgan fingerprint density at radius 2 is 2.29 bits per heavy atom. The molecule has 2 aromatic heterocycles. The summed E-state index contributed by atoms with van der Waals surface area (Å²) in [5.74, 6) is 6.65. The maximum atomic E-state index is 5.44. The van der Waals surface area contributed by atoms with Gasteiger partial charge in [0.15, 0.2) is 0 Å². The molecule has 0 aliphatic carbocycles. The molecule has 2 aromatic rings. The van der Waals surface area contributed by atoms with Gasteiger partial charge in [-0.25, -0.2) is 10.8 Å². The summed E-state index contributed by atoms with van der Waals surface area (Å²) in [6.07, 6.45) is 0. The number of thiophene rings is 1. The average Bonchev–Trinajstić information content (AvgIpc) is 2.62. The van der Waals surface area contributed by atoms with Gasteiger partial charge < -0.3 is 5.43 Å². The first-order valence-electron chi connectivity index (χ1n) is 4.57. The van der Waals surface area contributed by atoms with Crippen LogP contribution in [0.2, 0.25) is 0 Å². The van der Waals surface area contributed by atoms with E-state index in [9.17, 15) is 0 Å². The number of fused-ring (bicyclic) bond motifs is 1. The first-order valence-corrected chi connectivity index (χ1v) is 5.45. The third-order valence-corrected chi connectivity index (χ3v) is 3.08. The van der Waals surface area contributed by atoms with Gasteiger partial charge in [0.2, 0.25) is 0 Å². The quantitative estimate of drug-likeness (QED) is 0.588. The summed E-state index contributed by atoms with van der Waals surface area (Å²) in [7, 11) is 0. The zero-order valence-electron chi connectivity index (χ0n) is 8.24. The lowest BCUT2D eigenvalue weighted by Gasteiger charge is -2.10. The molecule has 0 atom stereocenters. The van der Waals surface area contributed by atoms with Gasteiger partial charge in [0.25, 0.3) is 0 Å². The highest BCUT2D eigenvalue weighted by molar-refractivity contribution is 7.17. The second-order valence-corrected chi connectivity index (χ2v) is 4.48. The standard InChI is InChI=1S/C10H13N3S/c1-6(2)7-5-9-8(3-4-14-9)12-10(7)13-11/h3-6H,11H2,1-2H3,(H,12,13). The fourth-order valence-electron chi connectivity index (χ4n) is 1.46. The fraction of sp³-hybridized carbons (Fsp3) is 0.300. The largest absolute Gasteiger partial charge is 0.308 e. The highest BCUT2D eigenvalue weighted by Gasteiger charge is 2.09. The molecule has 74 valence electrons. The number of nitrogen functional groups attached to an aromatic ring is 1. The minimum Gasteiger partial charge on any atom is -0.308 e. The van der Waals surface area contributed by atoms with Gasteiger partial charge in [-0.15, -0.1) is 11.3 Å². The summed E-state index contributed by atoms with van der Waals surface area (Å²) in [4.78, 5) is 4.45. The molecule has 0 unspecified atom stereocenters. The maximum absolute atomic E-state index is 5.44. The van der Waals surface area contributed by atoms with Gasteiger partial charge in [-0.2, -0.15) is 0 Å². The summed E-state index contributed by atoms with van der Waals surface area (Å²) in [6.45, 7) is 4.27. The normalized spacial score (nSPS) is 11.1. The van der Waals surface area contributed by atoms with E-state index in [2.05, 4.69) is 30.3 Å². The number of nitrogens with zero attached hydrogens (tertiary/aromatic N) is 1. The van der Waals surface area contributed by atoms with Crippen LogP contribution in [0.4, 0.5) is 5.82 Å². The van der Waals surface area contributed by atoms with Crippen LogP contribution in [0, 0.1) is 0 Å². The molecule has 0 aliphatic heterocycles. The van der Waals surface area contributed by atoms with Crippen LogP contribution < -0.4 is 11.3 Å². The minimum absolute atomic E-state index is 0.431. The van der Waals surface area contributed by atoms with Crippen molar-refractivity contribution in [2.24, 2.45) is 5.84 Å². The SMILES string of the molecule is CC(C)c1cc2sccc2nc1NN. The molecule has 0 amide bonds. The zero-order valence-corrected chi connectivity index (χ0v) is 9.06. The van der Waals surface area contributed by atoms with Crippen molar-refractivity contribution in [3.63, 3.8) is 0 Å². The second-order valence-electron chi connectivity index (χ2n) is 3.53. The Labute approximate surface area is 86.9 Å². The van der Waals surface area contributed by atoms with Crippen LogP contribution in [0.5, 0.6) is 0 Å². The number of rotatable bonds is 2. The lowest BCUT2D eigenvalue weighted by atomic mass is 10.0. The van der Waals surface area contributed by atoms with Gasteiger partial charge in [-0.3, -0.25) is 0 Å². The zero-order chi connectivity index (χ0) is 10.1. The van der Waals surface area contributed by atoms with Crippen LogP contribution in [-0.2, 0) is 0 Å². The maximum Gasteiger partial charge on any atom is 0.144 e. The monoisotopic (exact) mass is 207 g/mol. The first kappa shape index (κ1) is 9.43. The van der Waals surface area contributed by atoms with Crippen molar-refractivity contribution < 1.29 is 0 Å². The van der Waals surface area contributed by atoms with Crippen molar-refractivity contribution in [1.82, 2.24) is 4.98 Å². The van der Waals surface area contributed by atoms with Crippen molar-refractivity contribution in [1.29, 1.82) is 0 Å². The van der Waals surface area contributed by atoms with E-state index in [0.717, 1.165) is 11.3 Å². The van der Waals surface area contributed by atoms with Gasteiger partial charge in [0.1, 0.15) is 5.82 Å². The van der Waals surface area contributed by atoms with Gasteiger partial charge in [0, 0.05) is 0 Å². The fourth-order valence-corrected chi connectivity index (χ4v) is 2.24. The average molecular weight is 207 g/mol. The van der Waals surface area contributed by atoms with E-state index >= 15 is 0 Å². The first-order chi connectivity index (χ1) is 6.72.